The quantitative estimate of drug-likeness (QED) is 0.784. The van der Waals surface area contributed by atoms with Gasteiger partial charge in [-0.25, -0.2) is 8.78 Å². The average Bonchev–Trinajstić information content (AvgIpc) is 2.59. The highest BCUT2D eigenvalue weighted by Crippen LogP contribution is 2.25. The van der Waals surface area contributed by atoms with Crippen LogP contribution < -0.4 is 0 Å². The van der Waals surface area contributed by atoms with Crippen molar-refractivity contribution < 1.29 is 24.1 Å². The Labute approximate surface area is 145 Å². The minimum absolute atomic E-state index is 0.0187. The van der Waals surface area contributed by atoms with E-state index in [2.05, 4.69) is 0 Å². The summed E-state index contributed by atoms with van der Waals surface area (Å²) in [5, 5.41) is 28.9. The Balaban J connectivity index is 1.71. The molecule has 25 heavy (non-hydrogen) atoms. The fraction of sp³-hybridized carbons (Fsp3) is 0.368. The minimum Gasteiger partial charge on any atom is -0.389 e. The number of likely N-dealkylation sites (tertiary alicyclic amines) is 1. The van der Waals surface area contributed by atoms with Gasteiger partial charge in [0.15, 0.2) is 0 Å². The summed E-state index contributed by atoms with van der Waals surface area (Å²) in [7, 11) is 0. The number of aliphatic hydroxyl groups excluding tert-OH is 3. The molecule has 6 heteroatoms. The molecule has 1 fully saturated rings. The fourth-order valence-corrected chi connectivity index (χ4v) is 3.17. The van der Waals surface area contributed by atoms with E-state index < -0.39 is 29.9 Å². The summed E-state index contributed by atoms with van der Waals surface area (Å²) in [5.74, 6) is -1.23. The lowest BCUT2D eigenvalue weighted by Gasteiger charge is -2.36. The van der Waals surface area contributed by atoms with Crippen LogP contribution in [-0.4, -0.2) is 58.2 Å². The highest BCUT2D eigenvalue weighted by atomic mass is 19.1. The van der Waals surface area contributed by atoms with Gasteiger partial charge in [0.25, 0.3) is 0 Å². The van der Waals surface area contributed by atoms with Crippen LogP contribution in [0.2, 0.25) is 0 Å². The Morgan fingerprint density at radius 2 is 1.44 bits per heavy atom. The molecule has 3 rings (SSSR count). The van der Waals surface area contributed by atoms with Crippen LogP contribution in [0, 0.1) is 11.6 Å². The third-order valence-corrected chi connectivity index (χ3v) is 4.61. The molecule has 0 saturated carbocycles. The summed E-state index contributed by atoms with van der Waals surface area (Å²) in [4.78, 5) is 1.69. The van der Waals surface area contributed by atoms with Crippen molar-refractivity contribution in [3.05, 3.63) is 59.7 Å². The first kappa shape index (κ1) is 17.9. The van der Waals surface area contributed by atoms with Crippen LogP contribution in [0.15, 0.2) is 42.5 Å². The summed E-state index contributed by atoms with van der Waals surface area (Å²) < 4.78 is 28.7. The van der Waals surface area contributed by atoms with E-state index in [0.717, 1.165) is 5.56 Å². The number of hydrogen-bond donors (Lipinski definition) is 3. The number of halogens is 2. The molecule has 2 atom stereocenters. The van der Waals surface area contributed by atoms with E-state index in [1.165, 1.54) is 12.1 Å². The summed E-state index contributed by atoms with van der Waals surface area (Å²) in [6.45, 7) is 0.590. The predicted octanol–water partition coefficient (Wildman–Crippen LogP) is 1.57. The van der Waals surface area contributed by atoms with E-state index in [4.69, 9.17) is 0 Å². The zero-order chi connectivity index (χ0) is 18.0. The lowest BCUT2D eigenvalue weighted by Crippen LogP contribution is -2.55. The van der Waals surface area contributed by atoms with Crippen molar-refractivity contribution in [2.24, 2.45) is 0 Å². The molecule has 0 radical (unpaired) electrons. The van der Waals surface area contributed by atoms with E-state index >= 15 is 0 Å². The first-order valence-corrected chi connectivity index (χ1v) is 8.25. The topological polar surface area (TPSA) is 63.9 Å². The van der Waals surface area contributed by atoms with Gasteiger partial charge < -0.3 is 15.3 Å². The molecule has 2 aromatic carbocycles. The molecule has 1 saturated heterocycles. The van der Waals surface area contributed by atoms with E-state index in [0.29, 0.717) is 5.56 Å². The van der Waals surface area contributed by atoms with Gasteiger partial charge in [0, 0.05) is 25.2 Å². The monoisotopic (exact) mass is 349 g/mol. The molecule has 3 N–H and O–H groups in total. The van der Waals surface area contributed by atoms with Crippen LogP contribution in [0.5, 0.6) is 0 Å². The second-order valence-corrected chi connectivity index (χ2v) is 6.42. The maximum absolute atomic E-state index is 14.4. The van der Waals surface area contributed by atoms with Crippen molar-refractivity contribution >= 4 is 0 Å². The maximum atomic E-state index is 14.4. The molecule has 1 aliphatic rings. The van der Waals surface area contributed by atoms with Crippen LogP contribution >= 0.6 is 0 Å². The Morgan fingerprint density at radius 3 is 2.00 bits per heavy atom. The second-order valence-electron chi connectivity index (χ2n) is 6.42. The number of hydrogen-bond acceptors (Lipinski definition) is 4. The normalized spacial score (nSPS) is 24.4. The van der Waals surface area contributed by atoms with Crippen LogP contribution in [0.3, 0.4) is 0 Å². The minimum atomic E-state index is -1.19. The lowest BCUT2D eigenvalue weighted by atomic mass is 9.99. The van der Waals surface area contributed by atoms with Crippen molar-refractivity contribution in [3.63, 3.8) is 0 Å². The molecule has 0 aromatic heterocycles. The standard InChI is InChI=1S/C19H21F2NO3/c20-15-8-13(12-4-2-1-3-5-12)9-16(21)14(15)6-7-22-10-17(23)19(25)18(24)11-22/h1-5,8-9,17-19,23-25H,6-7,10-11H2. The lowest BCUT2D eigenvalue weighted by molar-refractivity contribution is -0.109. The molecule has 134 valence electrons. The van der Waals surface area contributed by atoms with Crippen molar-refractivity contribution in [1.82, 2.24) is 4.90 Å². The van der Waals surface area contributed by atoms with Gasteiger partial charge in [-0.2, -0.15) is 0 Å². The van der Waals surface area contributed by atoms with Crippen molar-refractivity contribution in [3.8, 4) is 11.1 Å². The number of β-amino-alcohol motifs (C(OH)–C–C–N with tert-alkyl or cyclic N) is 2. The van der Waals surface area contributed by atoms with E-state index in [9.17, 15) is 24.1 Å². The van der Waals surface area contributed by atoms with Gasteiger partial charge in [0.2, 0.25) is 0 Å². The van der Waals surface area contributed by atoms with Gasteiger partial charge in [-0.3, -0.25) is 4.90 Å². The first-order chi connectivity index (χ1) is 12.0. The second kappa shape index (κ2) is 7.58. The molecular weight excluding hydrogens is 328 g/mol. The molecule has 0 spiro atoms. The third kappa shape index (κ3) is 4.04. The van der Waals surface area contributed by atoms with Gasteiger partial charge in [-0.1, -0.05) is 30.3 Å². The Hall–Kier alpha value is -1.86. The highest BCUT2D eigenvalue weighted by Gasteiger charge is 2.33. The van der Waals surface area contributed by atoms with Crippen molar-refractivity contribution in [1.29, 1.82) is 0 Å². The van der Waals surface area contributed by atoms with Crippen LogP contribution in [0.1, 0.15) is 5.56 Å². The molecule has 2 unspecified atom stereocenters. The van der Waals surface area contributed by atoms with E-state index in [1.54, 1.807) is 29.2 Å². The molecular formula is C19H21F2NO3. The van der Waals surface area contributed by atoms with Crippen molar-refractivity contribution in [2.75, 3.05) is 19.6 Å². The molecule has 2 aromatic rings. The number of aliphatic hydroxyl groups is 3. The molecule has 0 aliphatic carbocycles. The summed E-state index contributed by atoms with van der Waals surface area (Å²) in [5.41, 5.74) is 1.20. The van der Waals surface area contributed by atoms with Gasteiger partial charge >= 0.3 is 0 Å². The maximum Gasteiger partial charge on any atom is 0.129 e. The zero-order valence-electron chi connectivity index (χ0n) is 13.6. The Morgan fingerprint density at radius 1 is 0.880 bits per heavy atom. The molecule has 0 bridgehead atoms. The SMILES string of the molecule is OC1CN(CCc2c(F)cc(-c3ccccc3)cc2F)CC(O)C1O. The van der Waals surface area contributed by atoms with E-state index in [-0.39, 0.29) is 31.6 Å². The molecule has 1 heterocycles. The number of benzene rings is 2. The van der Waals surface area contributed by atoms with Gasteiger partial charge in [-0.15, -0.1) is 0 Å². The average molecular weight is 349 g/mol. The van der Waals surface area contributed by atoms with Gasteiger partial charge in [0.05, 0.1) is 12.2 Å². The fourth-order valence-electron chi connectivity index (χ4n) is 3.17. The highest BCUT2D eigenvalue weighted by molar-refractivity contribution is 5.63. The molecule has 1 aliphatic heterocycles. The predicted molar refractivity (Wildman–Crippen MR) is 90.0 cm³/mol. The van der Waals surface area contributed by atoms with Gasteiger partial charge in [-0.05, 0) is 29.7 Å². The van der Waals surface area contributed by atoms with Crippen molar-refractivity contribution in [2.45, 2.75) is 24.7 Å². The van der Waals surface area contributed by atoms with Gasteiger partial charge in [0.1, 0.15) is 17.7 Å². The summed E-state index contributed by atoms with van der Waals surface area (Å²) in [6.07, 6.45) is -3.21. The number of rotatable bonds is 4. The number of nitrogens with zero attached hydrogens (tertiary/aromatic N) is 1. The van der Waals surface area contributed by atoms with Crippen LogP contribution in [0.4, 0.5) is 8.78 Å². The number of piperidine rings is 1. The first-order valence-electron chi connectivity index (χ1n) is 8.25. The van der Waals surface area contributed by atoms with Crippen LogP contribution in [-0.2, 0) is 6.42 Å². The zero-order valence-corrected chi connectivity index (χ0v) is 13.6. The van der Waals surface area contributed by atoms with E-state index in [1.807, 2.05) is 6.07 Å². The largest absolute Gasteiger partial charge is 0.389 e. The Bertz CT molecular complexity index is 691. The molecule has 4 nitrogen and oxygen atoms in total. The smallest absolute Gasteiger partial charge is 0.129 e. The third-order valence-electron chi connectivity index (χ3n) is 4.61. The molecule has 0 amide bonds. The summed E-state index contributed by atoms with van der Waals surface area (Å²) >= 11 is 0. The van der Waals surface area contributed by atoms with Crippen LogP contribution in [0.25, 0.3) is 11.1 Å². The summed E-state index contributed by atoms with van der Waals surface area (Å²) in [6, 6.07) is 11.7. The Kier molecular flexibility index (Phi) is 5.44.